The summed E-state index contributed by atoms with van der Waals surface area (Å²) >= 11 is 3.71. The molecule has 1 atom stereocenters. The smallest absolute Gasteiger partial charge is 0.0510 e. The molecule has 0 spiro atoms. The van der Waals surface area contributed by atoms with Gasteiger partial charge in [0.25, 0.3) is 0 Å². The number of halogens is 1. The zero-order valence-corrected chi connectivity index (χ0v) is 12.3. The molecule has 1 aliphatic rings. The molecule has 94 valence electrons. The van der Waals surface area contributed by atoms with E-state index in [0.717, 1.165) is 0 Å². The van der Waals surface area contributed by atoms with Crippen molar-refractivity contribution in [1.82, 2.24) is 5.32 Å². The first-order chi connectivity index (χ1) is 8.22. The maximum absolute atomic E-state index is 3.71. The Morgan fingerprint density at radius 1 is 1.24 bits per heavy atom. The van der Waals surface area contributed by atoms with E-state index in [-0.39, 0.29) is 0 Å². The van der Waals surface area contributed by atoms with Gasteiger partial charge < -0.3 is 10.2 Å². The van der Waals surface area contributed by atoms with Crippen LogP contribution in [0.5, 0.6) is 0 Å². The zero-order valence-electron chi connectivity index (χ0n) is 10.7. The van der Waals surface area contributed by atoms with E-state index in [9.17, 15) is 0 Å². The lowest BCUT2D eigenvalue weighted by atomic mass is 10.1. The Labute approximate surface area is 113 Å². The number of hydrogen-bond donors (Lipinski definition) is 1. The summed E-state index contributed by atoms with van der Waals surface area (Å²) in [6.07, 6.45) is 4.02. The maximum Gasteiger partial charge on any atom is 0.0510 e. The van der Waals surface area contributed by atoms with Crippen molar-refractivity contribution < 1.29 is 0 Å². The monoisotopic (exact) mass is 296 g/mol. The molecule has 2 rings (SSSR count). The molecule has 3 heteroatoms. The fraction of sp³-hybridized carbons (Fsp3) is 0.571. The molecule has 1 N–H and O–H groups in total. The van der Waals surface area contributed by atoms with Gasteiger partial charge in [0, 0.05) is 23.6 Å². The fourth-order valence-electron chi connectivity index (χ4n) is 2.35. The van der Waals surface area contributed by atoms with E-state index in [1.54, 1.807) is 0 Å². The van der Waals surface area contributed by atoms with Crippen LogP contribution >= 0.6 is 15.9 Å². The van der Waals surface area contributed by atoms with Gasteiger partial charge in [-0.05, 0) is 66.9 Å². The van der Waals surface area contributed by atoms with Crippen molar-refractivity contribution in [3.05, 3.63) is 28.2 Å². The molecule has 1 fully saturated rings. The molecule has 0 bridgehead atoms. The van der Waals surface area contributed by atoms with Crippen LogP contribution in [0.25, 0.3) is 0 Å². The molecule has 17 heavy (non-hydrogen) atoms. The molecule has 2 nitrogen and oxygen atoms in total. The van der Waals surface area contributed by atoms with E-state index in [4.69, 9.17) is 0 Å². The zero-order chi connectivity index (χ0) is 12.3. The van der Waals surface area contributed by atoms with Crippen LogP contribution in [0, 0.1) is 0 Å². The van der Waals surface area contributed by atoms with E-state index in [1.807, 2.05) is 7.05 Å². The number of anilines is 1. The maximum atomic E-state index is 3.71. The summed E-state index contributed by atoms with van der Waals surface area (Å²) in [6, 6.07) is 7.13. The van der Waals surface area contributed by atoms with Crippen LogP contribution in [0.1, 0.15) is 37.8 Å². The van der Waals surface area contributed by atoms with Gasteiger partial charge in [-0.2, -0.15) is 0 Å². The topological polar surface area (TPSA) is 15.3 Å². The second-order valence-corrected chi connectivity index (χ2v) is 5.62. The summed E-state index contributed by atoms with van der Waals surface area (Å²) in [5.41, 5.74) is 2.68. The van der Waals surface area contributed by atoms with Gasteiger partial charge >= 0.3 is 0 Å². The van der Waals surface area contributed by atoms with Crippen LogP contribution in [-0.4, -0.2) is 20.1 Å². The van der Waals surface area contributed by atoms with Gasteiger partial charge in [-0.1, -0.05) is 6.07 Å². The molecule has 0 radical (unpaired) electrons. The van der Waals surface area contributed by atoms with Crippen molar-refractivity contribution in [1.29, 1.82) is 0 Å². The average molecular weight is 297 g/mol. The molecular weight excluding hydrogens is 276 g/mol. The van der Waals surface area contributed by atoms with Crippen molar-refractivity contribution in [2.75, 3.05) is 25.0 Å². The predicted molar refractivity (Wildman–Crippen MR) is 77.7 cm³/mol. The lowest BCUT2D eigenvalue weighted by Gasteiger charge is -2.30. The van der Waals surface area contributed by atoms with Gasteiger partial charge in [0.15, 0.2) is 0 Å². The van der Waals surface area contributed by atoms with E-state index < -0.39 is 0 Å². The highest BCUT2D eigenvalue weighted by atomic mass is 79.9. The van der Waals surface area contributed by atoms with E-state index in [0.29, 0.717) is 6.04 Å². The Hall–Kier alpha value is -0.540. The molecule has 0 amide bonds. The highest BCUT2D eigenvalue weighted by Gasteiger charge is 2.14. The lowest BCUT2D eigenvalue weighted by molar-refractivity contribution is 0.577. The fourth-order valence-corrected chi connectivity index (χ4v) is 3.00. The van der Waals surface area contributed by atoms with Crippen LogP contribution in [0.15, 0.2) is 22.7 Å². The van der Waals surface area contributed by atoms with Gasteiger partial charge in [0.05, 0.1) is 5.69 Å². The average Bonchev–Trinajstić information content (AvgIpc) is 2.38. The third-order valence-electron chi connectivity index (χ3n) is 3.60. The second kappa shape index (κ2) is 5.87. The normalized spacial score (nSPS) is 18.2. The predicted octanol–water partition coefficient (Wildman–Crippen LogP) is 3.72. The Bertz CT molecular complexity index is 372. The number of hydrogen-bond acceptors (Lipinski definition) is 2. The Morgan fingerprint density at radius 3 is 2.53 bits per heavy atom. The summed E-state index contributed by atoms with van der Waals surface area (Å²) in [6.45, 7) is 4.57. The van der Waals surface area contributed by atoms with Crippen LogP contribution in [0.4, 0.5) is 5.69 Å². The molecular formula is C14H21BrN2. The SMILES string of the molecule is CNC(C)c1ccc(N2CCCCC2)c(Br)c1. The Morgan fingerprint density at radius 2 is 1.94 bits per heavy atom. The summed E-state index contributed by atoms with van der Waals surface area (Å²) in [5, 5.41) is 3.27. The van der Waals surface area contributed by atoms with Gasteiger partial charge in [0.1, 0.15) is 0 Å². The van der Waals surface area contributed by atoms with E-state index in [2.05, 4.69) is 51.3 Å². The van der Waals surface area contributed by atoms with Crippen LogP contribution in [-0.2, 0) is 0 Å². The van der Waals surface area contributed by atoms with Crippen LogP contribution in [0.3, 0.4) is 0 Å². The molecule has 0 aliphatic carbocycles. The highest BCUT2D eigenvalue weighted by Crippen LogP contribution is 2.31. The van der Waals surface area contributed by atoms with E-state index in [1.165, 1.54) is 48.1 Å². The molecule has 1 aromatic rings. The third-order valence-corrected chi connectivity index (χ3v) is 4.24. The molecule has 0 saturated carbocycles. The molecule has 1 heterocycles. The number of rotatable bonds is 3. The minimum Gasteiger partial charge on any atom is -0.371 e. The largest absolute Gasteiger partial charge is 0.371 e. The number of nitrogens with one attached hydrogen (secondary N) is 1. The minimum absolute atomic E-state index is 0.404. The summed E-state index contributed by atoms with van der Waals surface area (Å²) < 4.78 is 1.22. The number of nitrogens with zero attached hydrogens (tertiary/aromatic N) is 1. The Balaban J connectivity index is 2.18. The minimum atomic E-state index is 0.404. The molecule has 1 aromatic carbocycles. The van der Waals surface area contributed by atoms with Crippen molar-refractivity contribution in [2.45, 2.75) is 32.2 Å². The van der Waals surface area contributed by atoms with Crippen molar-refractivity contribution >= 4 is 21.6 Å². The van der Waals surface area contributed by atoms with Gasteiger partial charge in [-0.15, -0.1) is 0 Å². The lowest BCUT2D eigenvalue weighted by Crippen LogP contribution is -2.29. The number of piperidine rings is 1. The first-order valence-corrected chi connectivity index (χ1v) is 7.23. The molecule has 1 unspecified atom stereocenters. The van der Waals surface area contributed by atoms with Gasteiger partial charge in [-0.3, -0.25) is 0 Å². The molecule has 0 aromatic heterocycles. The summed E-state index contributed by atoms with van der Waals surface area (Å²) in [4.78, 5) is 2.49. The highest BCUT2D eigenvalue weighted by molar-refractivity contribution is 9.10. The second-order valence-electron chi connectivity index (χ2n) is 4.77. The van der Waals surface area contributed by atoms with Gasteiger partial charge in [-0.25, -0.2) is 0 Å². The third kappa shape index (κ3) is 3.02. The first kappa shape index (κ1) is 12.9. The van der Waals surface area contributed by atoms with Crippen LogP contribution in [0.2, 0.25) is 0 Å². The summed E-state index contributed by atoms with van der Waals surface area (Å²) in [7, 11) is 2.00. The quantitative estimate of drug-likeness (QED) is 0.914. The standard InChI is InChI=1S/C14H21BrN2/c1-11(16-2)12-6-7-14(13(15)10-12)17-8-4-3-5-9-17/h6-7,10-11,16H,3-5,8-9H2,1-2H3. The van der Waals surface area contributed by atoms with Crippen molar-refractivity contribution in [2.24, 2.45) is 0 Å². The van der Waals surface area contributed by atoms with Crippen molar-refractivity contribution in [3.8, 4) is 0 Å². The Kier molecular flexibility index (Phi) is 4.46. The van der Waals surface area contributed by atoms with Crippen LogP contribution < -0.4 is 10.2 Å². The molecule has 1 aliphatic heterocycles. The van der Waals surface area contributed by atoms with E-state index >= 15 is 0 Å². The molecule has 1 saturated heterocycles. The number of benzene rings is 1. The van der Waals surface area contributed by atoms with Crippen molar-refractivity contribution in [3.63, 3.8) is 0 Å². The summed E-state index contributed by atoms with van der Waals surface area (Å²) in [5.74, 6) is 0. The first-order valence-electron chi connectivity index (χ1n) is 6.44. The van der Waals surface area contributed by atoms with Gasteiger partial charge in [0.2, 0.25) is 0 Å².